The Morgan fingerprint density at radius 3 is 2.48 bits per heavy atom. The fourth-order valence-electron chi connectivity index (χ4n) is 2.71. The summed E-state index contributed by atoms with van der Waals surface area (Å²) in [4.78, 5) is 14.0. The predicted octanol–water partition coefficient (Wildman–Crippen LogP) is 2.29. The molecule has 1 amide bonds. The van der Waals surface area contributed by atoms with Crippen molar-refractivity contribution in [2.45, 2.75) is 23.2 Å². The molecule has 2 saturated heterocycles. The third-order valence-electron chi connectivity index (χ3n) is 3.97. The SMILES string of the molecule is O=C(C1CCCO1)N1CCN(S(=O)(=O)c2cc(Br)c(Br)s2)CC1. The van der Waals surface area contributed by atoms with E-state index in [9.17, 15) is 13.2 Å². The molecule has 2 fully saturated rings. The minimum absolute atomic E-state index is 0.0128. The molecule has 23 heavy (non-hydrogen) atoms. The van der Waals surface area contributed by atoms with Gasteiger partial charge in [0, 0.05) is 37.3 Å². The van der Waals surface area contributed by atoms with Crippen LogP contribution in [0, 0.1) is 0 Å². The molecule has 1 unspecified atom stereocenters. The van der Waals surface area contributed by atoms with E-state index >= 15 is 0 Å². The minimum atomic E-state index is -3.51. The van der Waals surface area contributed by atoms with E-state index in [1.54, 1.807) is 11.0 Å². The molecule has 6 nitrogen and oxygen atoms in total. The summed E-state index contributed by atoms with van der Waals surface area (Å²) >= 11 is 7.82. The Labute approximate surface area is 156 Å². The largest absolute Gasteiger partial charge is 0.368 e. The summed E-state index contributed by atoms with van der Waals surface area (Å²) in [6, 6.07) is 1.61. The average Bonchev–Trinajstić information content (AvgIpc) is 3.18. The first-order valence-corrected chi connectivity index (χ1v) is 11.1. The van der Waals surface area contributed by atoms with Crippen molar-refractivity contribution in [1.82, 2.24) is 9.21 Å². The topological polar surface area (TPSA) is 66.9 Å². The highest BCUT2D eigenvalue weighted by Gasteiger charge is 2.34. The number of sulfonamides is 1. The molecule has 1 aromatic rings. The van der Waals surface area contributed by atoms with E-state index in [-0.39, 0.29) is 12.0 Å². The van der Waals surface area contributed by atoms with Crippen molar-refractivity contribution in [3.8, 4) is 0 Å². The average molecular weight is 488 g/mol. The van der Waals surface area contributed by atoms with Crippen LogP contribution in [0.15, 0.2) is 18.5 Å². The van der Waals surface area contributed by atoms with E-state index in [1.807, 2.05) is 0 Å². The summed E-state index contributed by atoms with van der Waals surface area (Å²) < 4.78 is 33.9. The summed E-state index contributed by atoms with van der Waals surface area (Å²) in [5.74, 6) is -0.0128. The molecule has 2 aliphatic rings. The van der Waals surface area contributed by atoms with E-state index in [0.717, 1.165) is 21.1 Å². The number of hydrogen-bond donors (Lipinski definition) is 0. The first-order valence-electron chi connectivity index (χ1n) is 7.25. The molecule has 1 aromatic heterocycles. The van der Waals surface area contributed by atoms with E-state index < -0.39 is 10.0 Å². The summed E-state index contributed by atoms with van der Waals surface area (Å²) in [6.45, 7) is 2.08. The number of carbonyl (C=O) groups is 1. The maximum atomic E-state index is 12.7. The lowest BCUT2D eigenvalue weighted by Crippen LogP contribution is -2.52. The molecule has 0 N–H and O–H groups in total. The maximum Gasteiger partial charge on any atom is 0.252 e. The number of rotatable bonds is 3. The number of amides is 1. The van der Waals surface area contributed by atoms with Gasteiger partial charge in [0.15, 0.2) is 0 Å². The van der Waals surface area contributed by atoms with Crippen molar-refractivity contribution in [3.05, 3.63) is 14.3 Å². The number of piperazine rings is 1. The molecule has 0 radical (unpaired) electrons. The highest BCUT2D eigenvalue weighted by molar-refractivity contribution is 9.13. The van der Waals surface area contributed by atoms with Gasteiger partial charge in [0.2, 0.25) is 0 Å². The van der Waals surface area contributed by atoms with Crippen molar-refractivity contribution in [2.24, 2.45) is 0 Å². The summed E-state index contributed by atoms with van der Waals surface area (Å²) in [7, 11) is -3.51. The molecule has 0 saturated carbocycles. The fraction of sp³-hybridized carbons (Fsp3) is 0.615. The zero-order valence-electron chi connectivity index (χ0n) is 12.2. The van der Waals surface area contributed by atoms with Crippen LogP contribution in [0.5, 0.6) is 0 Å². The maximum absolute atomic E-state index is 12.7. The number of hydrogen-bond acceptors (Lipinski definition) is 5. The molecule has 0 spiro atoms. The van der Waals surface area contributed by atoms with Crippen LogP contribution in [0.1, 0.15) is 12.8 Å². The standard InChI is InChI=1S/C13H16Br2N2O4S2/c14-9-8-11(22-12(9)15)23(19,20)17-5-3-16(4-6-17)13(18)10-2-1-7-21-10/h8,10H,1-7H2. The zero-order valence-corrected chi connectivity index (χ0v) is 17.0. The van der Waals surface area contributed by atoms with Gasteiger partial charge in [0.1, 0.15) is 10.3 Å². The Morgan fingerprint density at radius 2 is 1.96 bits per heavy atom. The Bertz CT molecular complexity index is 673. The third-order valence-corrected chi connectivity index (χ3v) is 9.58. The van der Waals surface area contributed by atoms with Crippen molar-refractivity contribution >= 4 is 59.1 Å². The van der Waals surface area contributed by atoms with Gasteiger partial charge in [0.25, 0.3) is 15.9 Å². The predicted molar refractivity (Wildman–Crippen MR) is 94.0 cm³/mol. The second-order valence-corrected chi connectivity index (χ2v) is 10.8. The molecule has 0 aromatic carbocycles. The molecule has 128 valence electrons. The number of ether oxygens (including phenoxy) is 1. The Morgan fingerprint density at radius 1 is 1.26 bits per heavy atom. The quantitative estimate of drug-likeness (QED) is 0.656. The van der Waals surface area contributed by atoms with E-state index in [0.29, 0.717) is 37.0 Å². The van der Waals surface area contributed by atoms with E-state index in [1.165, 1.54) is 15.6 Å². The van der Waals surface area contributed by atoms with Gasteiger partial charge in [-0.05, 0) is 50.8 Å². The first-order chi connectivity index (χ1) is 10.9. The Hall–Kier alpha value is -0.000000000000000305. The van der Waals surface area contributed by atoms with Crippen LogP contribution in [-0.2, 0) is 19.6 Å². The molecule has 0 bridgehead atoms. The van der Waals surface area contributed by atoms with Crippen LogP contribution in [-0.4, -0.2) is 62.4 Å². The lowest BCUT2D eigenvalue weighted by molar-refractivity contribution is -0.142. The monoisotopic (exact) mass is 486 g/mol. The molecule has 0 aliphatic carbocycles. The summed E-state index contributed by atoms with van der Waals surface area (Å²) in [5.41, 5.74) is 0. The van der Waals surface area contributed by atoms with Crippen LogP contribution >= 0.6 is 43.2 Å². The fourth-order valence-corrected chi connectivity index (χ4v) is 7.10. The Balaban J connectivity index is 1.65. The second-order valence-electron chi connectivity index (χ2n) is 5.42. The molecule has 3 heterocycles. The van der Waals surface area contributed by atoms with Crippen LogP contribution in [0.25, 0.3) is 0 Å². The van der Waals surface area contributed by atoms with Crippen LogP contribution < -0.4 is 0 Å². The highest BCUT2D eigenvalue weighted by atomic mass is 79.9. The summed E-state index contributed by atoms with van der Waals surface area (Å²) in [6.07, 6.45) is 1.32. The normalized spacial score (nSPS) is 23.4. The van der Waals surface area contributed by atoms with E-state index in [2.05, 4.69) is 31.9 Å². The van der Waals surface area contributed by atoms with E-state index in [4.69, 9.17) is 4.74 Å². The highest BCUT2D eigenvalue weighted by Crippen LogP contribution is 2.36. The van der Waals surface area contributed by atoms with Crippen molar-refractivity contribution in [3.63, 3.8) is 0 Å². The second kappa shape index (κ2) is 7.09. The molecule has 3 rings (SSSR count). The van der Waals surface area contributed by atoms with Gasteiger partial charge < -0.3 is 9.64 Å². The van der Waals surface area contributed by atoms with Crippen molar-refractivity contribution < 1.29 is 17.9 Å². The molecular formula is C13H16Br2N2O4S2. The van der Waals surface area contributed by atoms with Gasteiger partial charge in [-0.25, -0.2) is 8.42 Å². The van der Waals surface area contributed by atoms with Crippen LogP contribution in [0.3, 0.4) is 0 Å². The number of thiophene rings is 1. The minimum Gasteiger partial charge on any atom is -0.368 e. The molecule has 10 heteroatoms. The molecule has 1 atom stereocenters. The Kier molecular flexibility index (Phi) is 5.49. The summed E-state index contributed by atoms with van der Waals surface area (Å²) in [5, 5.41) is 0. The van der Waals surface area contributed by atoms with Gasteiger partial charge in [-0.1, -0.05) is 0 Å². The van der Waals surface area contributed by atoms with Gasteiger partial charge in [-0.2, -0.15) is 4.31 Å². The lowest BCUT2D eigenvalue weighted by Gasteiger charge is -2.34. The van der Waals surface area contributed by atoms with Crippen LogP contribution in [0.2, 0.25) is 0 Å². The van der Waals surface area contributed by atoms with Crippen molar-refractivity contribution in [1.29, 1.82) is 0 Å². The van der Waals surface area contributed by atoms with Crippen LogP contribution in [0.4, 0.5) is 0 Å². The van der Waals surface area contributed by atoms with Gasteiger partial charge >= 0.3 is 0 Å². The third kappa shape index (κ3) is 3.67. The van der Waals surface area contributed by atoms with Crippen molar-refractivity contribution in [2.75, 3.05) is 32.8 Å². The lowest BCUT2D eigenvalue weighted by atomic mass is 10.2. The van der Waals surface area contributed by atoms with Gasteiger partial charge in [-0.15, -0.1) is 11.3 Å². The van der Waals surface area contributed by atoms with Gasteiger partial charge in [0.05, 0.1) is 3.79 Å². The smallest absolute Gasteiger partial charge is 0.252 e. The number of halogens is 2. The molecule has 2 aliphatic heterocycles. The van der Waals surface area contributed by atoms with Gasteiger partial charge in [-0.3, -0.25) is 4.79 Å². The first kappa shape index (κ1) is 17.8. The molecular weight excluding hydrogens is 472 g/mol. The number of carbonyl (C=O) groups excluding carboxylic acids is 1. The zero-order chi connectivity index (χ0) is 16.6. The number of nitrogens with zero attached hydrogens (tertiary/aromatic N) is 2.